The van der Waals surface area contributed by atoms with Crippen LogP contribution in [0.3, 0.4) is 0 Å². The fraction of sp³-hybridized carbons (Fsp3) is 0.211. The summed E-state index contributed by atoms with van der Waals surface area (Å²) in [5.41, 5.74) is 0.0853. The van der Waals surface area contributed by atoms with Crippen LogP contribution in [0.4, 0.5) is 0 Å². The molecule has 0 aliphatic heterocycles. The van der Waals surface area contributed by atoms with Gasteiger partial charge in [0, 0.05) is 18.1 Å². The van der Waals surface area contributed by atoms with Gasteiger partial charge in [-0.05, 0) is 42.5 Å². The van der Waals surface area contributed by atoms with Crippen molar-refractivity contribution in [1.29, 1.82) is 0 Å². The zero-order valence-electron chi connectivity index (χ0n) is 12.4. The Balaban J connectivity index is 1.54. The summed E-state index contributed by atoms with van der Waals surface area (Å²) >= 11 is 0. The van der Waals surface area contributed by atoms with Crippen molar-refractivity contribution in [3.05, 3.63) is 77.2 Å². The van der Waals surface area contributed by atoms with Gasteiger partial charge in [0.1, 0.15) is 5.75 Å². The van der Waals surface area contributed by atoms with E-state index in [0.29, 0.717) is 6.61 Å². The van der Waals surface area contributed by atoms with Crippen LogP contribution in [0, 0.1) is 0 Å². The predicted octanol–water partition coefficient (Wildman–Crippen LogP) is 3.86. The Bertz CT molecular complexity index is 793. The van der Waals surface area contributed by atoms with Crippen LogP contribution in [0.2, 0.25) is 0 Å². The molecule has 0 N–H and O–H groups in total. The molecule has 0 fully saturated rings. The summed E-state index contributed by atoms with van der Waals surface area (Å²) < 4.78 is 7.44. The zero-order chi connectivity index (χ0) is 15.2. The maximum atomic E-state index is 12.3. The van der Waals surface area contributed by atoms with Gasteiger partial charge in [0.05, 0.1) is 6.61 Å². The Morgan fingerprint density at radius 2 is 1.64 bits per heavy atom. The second-order valence-corrected chi connectivity index (χ2v) is 5.27. The Hall–Kier alpha value is -2.55. The minimum Gasteiger partial charge on any atom is -0.494 e. The summed E-state index contributed by atoms with van der Waals surface area (Å²) in [7, 11) is 0. The van der Waals surface area contributed by atoms with Gasteiger partial charge < -0.3 is 9.30 Å². The Morgan fingerprint density at radius 1 is 0.864 bits per heavy atom. The SMILES string of the molecule is O=c1c2ccccc2ccn1CCCCOc1ccccc1. The van der Waals surface area contributed by atoms with Gasteiger partial charge >= 0.3 is 0 Å². The van der Waals surface area contributed by atoms with Crippen LogP contribution in [0.1, 0.15) is 12.8 Å². The fourth-order valence-corrected chi connectivity index (χ4v) is 2.50. The van der Waals surface area contributed by atoms with Crippen molar-refractivity contribution in [1.82, 2.24) is 4.57 Å². The summed E-state index contributed by atoms with van der Waals surface area (Å²) in [5.74, 6) is 0.894. The highest BCUT2D eigenvalue weighted by molar-refractivity contribution is 5.81. The number of hydrogen-bond acceptors (Lipinski definition) is 2. The molecule has 0 atom stereocenters. The Kier molecular flexibility index (Phi) is 4.54. The molecule has 0 bridgehead atoms. The average molecular weight is 293 g/mol. The van der Waals surface area contributed by atoms with E-state index in [1.807, 2.05) is 66.9 Å². The van der Waals surface area contributed by atoms with Gasteiger partial charge in [-0.3, -0.25) is 4.79 Å². The van der Waals surface area contributed by atoms with Crippen molar-refractivity contribution in [3.8, 4) is 5.75 Å². The minimum atomic E-state index is 0.0853. The van der Waals surface area contributed by atoms with Crippen molar-refractivity contribution in [3.63, 3.8) is 0 Å². The van der Waals surface area contributed by atoms with Gasteiger partial charge in [0.25, 0.3) is 5.56 Å². The number of para-hydroxylation sites is 1. The molecular weight excluding hydrogens is 274 g/mol. The van der Waals surface area contributed by atoms with Gasteiger partial charge in [0.15, 0.2) is 0 Å². The van der Waals surface area contributed by atoms with Crippen LogP contribution in [0.25, 0.3) is 10.8 Å². The van der Waals surface area contributed by atoms with Crippen LogP contribution in [0.5, 0.6) is 5.75 Å². The number of aromatic nitrogens is 1. The van der Waals surface area contributed by atoms with Crippen molar-refractivity contribution in [2.24, 2.45) is 0 Å². The number of ether oxygens (including phenoxy) is 1. The van der Waals surface area contributed by atoms with E-state index in [1.165, 1.54) is 0 Å². The molecule has 1 aromatic heterocycles. The highest BCUT2D eigenvalue weighted by Crippen LogP contribution is 2.10. The molecule has 3 rings (SSSR count). The largest absolute Gasteiger partial charge is 0.494 e. The molecule has 112 valence electrons. The monoisotopic (exact) mass is 293 g/mol. The summed E-state index contributed by atoms with van der Waals surface area (Å²) in [4.78, 5) is 12.3. The molecule has 0 spiro atoms. The van der Waals surface area contributed by atoms with Crippen molar-refractivity contribution >= 4 is 10.8 Å². The van der Waals surface area contributed by atoms with E-state index in [9.17, 15) is 4.79 Å². The Labute approximate surface area is 129 Å². The van der Waals surface area contributed by atoms with Crippen LogP contribution >= 0.6 is 0 Å². The van der Waals surface area contributed by atoms with Crippen LogP contribution in [-0.4, -0.2) is 11.2 Å². The van der Waals surface area contributed by atoms with Crippen LogP contribution in [0.15, 0.2) is 71.7 Å². The van der Waals surface area contributed by atoms with E-state index in [-0.39, 0.29) is 5.56 Å². The first-order valence-corrected chi connectivity index (χ1v) is 7.60. The molecule has 22 heavy (non-hydrogen) atoms. The molecule has 1 heterocycles. The number of hydrogen-bond donors (Lipinski definition) is 0. The summed E-state index contributed by atoms with van der Waals surface area (Å²) in [6.45, 7) is 1.40. The van der Waals surface area contributed by atoms with Gasteiger partial charge in [0.2, 0.25) is 0 Å². The van der Waals surface area contributed by atoms with Crippen molar-refractivity contribution < 1.29 is 4.74 Å². The number of aryl methyl sites for hydroxylation is 1. The van der Waals surface area contributed by atoms with E-state index in [1.54, 1.807) is 4.57 Å². The number of nitrogens with zero attached hydrogens (tertiary/aromatic N) is 1. The van der Waals surface area contributed by atoms with E-state index >= 15 is 0 Å². The molecule has 0 amide bonds. The normalized spacial score (nSPS) is 10.7. The van der Waals surface area contributed by atoms with E-state index in [2.05, 4.69) is 0 Å². The highest BCUT2D eigenvalue weighted by Gasteiger charge is 2.01. The molecular formula is C19H19NO2. The molecule has 0 aliphatic carbocycles. The summed E-state index contributed by atoms with van der Waals surface area (Å²) in [5, 5.41) is 1.78. The van der Waals surface area contributed by atoms with E-state index in [0.717, 1.165) is 35.9 Å². The first-order valence-electron chi connectivity index (χ1n) is 7.60. The number of unbranched alkanes of at least 4 members (excludes halogenated alkanes) is 1. The number of pyridine rings is 1. The average Bonchev–Trinajstić information content (AvgIpc) is 2.58. The van der Waals surface area contributed by atoms with Crippen molar-refractivity contribution in [2.75, 3.05) is 6.61 Å². The number of fused-ring (bicyclic) bond motifs is 1. The standard InChI is InChI=1S/C19H19NO2/c21-19-18-11-5-4-8-16(18)12-14-20(19)13-6-7-15-22-17-9-2-1-3-10-17/h1-5,8-12,14H,6-7,13,15H2. The van der Waals surface area contributed by atoms with E-state index < -0.39 is 0 Å². The third kappa shape index (κ3) is 3.37. The maximum absolute atomic E-state index is 12.3. The minimum absolute atomic E-state index is 0.0853. The van der Waals surface area contributed by atoms with Crippen LogP contribution < -0.4 is 10.3 Å². The molecule has 3 aromatic rings. The molecule has 0 radical (unpaired) electrons. The quantitative estimate of drug-likeness (QED) is 0.646. The lowest BCUT2D eigenvalue weighted by Gasteiger charge is -2.08. The lowest BCUT2D eigenvalue weighted by atomic mass is 10.2. The molecule has 2 aromatic carbocycles. The maximum Gasteiger partial charge on any atom is 0.258 e. The van der Waals surface area contributed by atoms with E-state index in [4.69, 9.17) is 4.74 Å². The molecule has 0 saturated heterocycles. The first-order chi connectivity index (χ1) is 10.8. The van der Waals surface area contributed by atoms with Gasteiger partial charge in [-0.25, -0.2) is 0 Å². The Morgan fingerprint density at radius 3 is 2.50 bits per heavy atom. The second kappa shape index (κ2) is 6.94. The van der Waals surface area contributed by atoms with Gasteiger partial charge in [-0.15, -0.1) is 0 Å². The smallest absolute Gasteiger partial charge is 0.258 e. The lowest BCUT2D eigenvalue weighted by Crippen LogP contribution is -2.19. The van der Waals surface area contributed by atoms with Crippen molar-refractivity contribution in [2.45, 2.75) is 19.4 Å². The highest BCUT2D eigenvalue weighted by atomic mass is 16.5. The topological polar surface area (TPSA) is 31.2 Å². The molecule has 0 unspecified atom stereocenters. The van der Waals surface area contributed by atoms with Gasteiger partial charge in [-0.2, -0.15) is 0 Å². The molecule has 0 saturated carbocycles. The summed E-state index contributed by atoms with van der Waals surface area (Å²) in [6, 6.07) is 19.5. The van der Waals surface area contributed by atoms with Crippen LogP contribution in [-0.2, 0) is 6.54 Å². The zero-order valence-corrected chi connectivity index (χ0v) is 12.4. The molecule has 3 heteroatoms. The third-order valence-electron chi connectivity index (χ3n) is 3.69. The molecule has 3 nitrogen and oxygen atoms in total. The first kappa shape index (κ1) is 14.4. The van der Waals surface area contributed by atoms with Gasteiger partial charge in [-0.1, -0.05) is 36.4 Å². The second-order valence-electron chi connectivity index (χ2n) is 5.27. The molecule has 0 aliphatic rings. The summed E-state index contributed by atoms with van der Waals surface area (Å²) in [6.07, 6.45) is 3.72. The number of rotatable bonds is 6. The lowest BCUT2D eigenvalue weighted by molar-refractivity contribution is 0.303. The fourth-order valence-electron chi connectivity index (χ4n) is 2.50. The predicted molar refractivity (Wildman–Crippen MR) is 89.4 cm³/mol. The number of benzene rings is 2. The third-order valence-corrected chi connectivity index (χ3v) is 3.69.